The highest BCUT2D eigenvalue weighted by Crippen LogP contribution is 2.43. The lowest BCUT2D eigenvalue weighted by molar-refractivity contribution is -0.152. The SMILES string of the molecule is CCOC(=O)[C@@H]1CC[C@H]1c1nc2cc(F)ccc2n1Cc1ccc(Cl)cc1. The molecule has 0 amide bonds. The van der Waals surface area contributed by atoms with Gasteiger partial charge in [0.25, 0.3) is 0 Å². The molecule has 4 rings (SSSR count). The summed E-state index contributed by atoms with van der Waals surface area (Å²) < 4.78 is 21.0. The third-order valence-electron chi connectivity index (χ3n) is 5.19. The molecular formula is C21H20ClFN2O2. The molecule has 1 aliphatic carbocycles. The third-order valence-corrected chi connectivity index (χ3v) is 5.44. The number of carbonyl (C=O) groups is 1. The molecule has 2 aromatic carbocycles. The molecule has 1 heterocycles. The number of nitrogens with zero attached hydrogens (tertiary/aromatic N) is 2. The number of benzene rings is 2. The van der Waals surface area contributed by atoms with E-state index in [2.05, 4.69) is 4.57 Å². The molecule has 2 atom stereocenters. The smallest absolute Gasteiger partial charge is 0.309 e. The van der Waals surface area contributed by atoms with Gasteiger partial charge in [0.2, 0.25) is 0 Å². The van der Waals surface area contributed by atoms with Crippen molar-refractivity contribution in [2.45, 2.75) is 32.2 Å². The Bertz CT molecular complexity index is 984. The number of halogens is 2. The predicted octanol–water partition coefficient (Wildman–Crippen LogP) is 4.93. The average molecular weight is 387 g/mol. The molecule has 0 saturated heterocycles. The van der Waals surface area contributed by atoms with Crippen molar-refractivity contribution in [3.8, 4) is 0 Å². The summed E-state index contributed by atoms with van der Waals surface area (Å²) in [5, 5.41) is 0.679. The molecule has 0 unspecified atom stereocenters. The highest BCUT2D eigenvalue weighted by Gasteiger charge is 2.41. The van der Waals surface area contributed by atoms with Crippen LogP contribution in [0.25, 0.3) is 11.0 Å². The van der Waals surface area contributed by atoms with Gasteiger partial charge in [-0.25, -0.2) is 9.37 Å². The van der Waals surface area contributed by atoms with Gasteiger partial charge in [-0.2, -0.15) is 0 Å². The largest absolute Gasteiger partial charge is 0.466 e. The normalized spacial score (nSPS) is 19.1. The number of fused-ring (bicyclic) bond motifs is 1. The minimum absolute atomic E-state index is 0.00758. The zero-order chi connectivity index (χ0) is 19.0. The van der Waals surface area contributed by atoms with E-state index in [0.29, 0.717) is 23.7 Å². The summed E-state index contributed by atoms with van der Waals surface area (Å²) in [7, 11) is 0. The minimum Gasteiger partial charge on any atom is -0.466 e. The summed E-state index contributed by atoms with van der Waals surface area (Å²) in [5.74, 6) is 0.128. The lowest BCUT2D eigenvalue weighted by Gasteiger charge is -2.34. The molecule has 1 aliphatic rings. The van der Waals surface area contributed by atoms with Crippen molar-refractivity contribution in [3.05, 3.63) is 64.7 Å². The number of esters is 1. The van der Waals surface area contributed by atoms with Crippen LogP contribution in [0, 0.1) is 11.7 Å². The molecule has 0 spiro atoms. The van der Waals surface area contributed by atoms with Crippen LogP contribution in [0.4, 0.5) is 4.39 Å². The maximum absolute atomic E-state index is 13.7. The Balaban J connectivity index is 1.75. The summed E-state index contributed by atoms with van der Waals surface area (Å²) in [5.41, 5.74) is 2.53. The molecule has 1 saturated carbocycles. The Hall–Kier alpha value is -2.40. The van der Waals surface area contributed by atoms with Gasteiger partial charge in [0.05, 0.1) is 23.6 Å². The van der Waals surface area contributed by atoms with Crippen molar-refractivity contribution in [1.82, 2.24) is 9.55 Å². The first-order valence-electron chi connectivity index (χ1n) is 9.13. The van der Waals surface area contributed by atoms with Crippen LogP contribution in [0.1, 0.15) is 37.1 Å². The first kappa shape index (κ1) is 18.0. The lowest BCUT2D eigenvalue weighted by Crippen LogP contribution is -2.34. The number of hydrogen-bond donors (Lipinski definition) is 0. The lowest BCUT2D eigenvalue weighted by atomic mass is 9.73. The zero-order valence-electron chi connectivity index (χ0n) is 15.0. The van der Waals surface area contributed by atoms with Gasteiger partial charge >= 0.3 is 5.97 Å². The topological polar surface area (TPSA) is 44.1 Å². The molecule has 6 heteroatoms. The van der Waals surface area contributed by atoms with Gasteiger partial charge in [0.15, 0.2) is 0 Å². The second kappa shape index (κ2) is 7.31. The maximum atomic E-state index is 13.7. The molecule has 0 radical (unpaired) electrons. The van der Waals surface area contributed by atoms with E-state index in [0.717, 1.165) is 29.7 Å². The molecule has 4 nitrogen and oxygen atoms in total. The molecule has 0 aliphatic heterocycles. The molecule has 140 valence electrons. The van der Waals surface area contributed by atoms with Crippen LogP contribution in [0.15, 0.2) is 42.5 Å². The Morgan fingerprint density at radius 2 is 2.04 bits per heavy atom. The summed E-state index contributed by atoms with van der Waals surface area (Å²) in [6, 6.07) is 12.2. The maximum Gasteiger partial charge on any atom is 0.309 e. The fourth-order valence-electron chi connectivity index (χ4n) is 3.68. The van der Waals surface area contributed by atoms with Crippen LogP contribution in [-0.2, 0) is 16.1 Å². The van der Waals surface area contributed by atoms with Gasteiger partial charge in [-0.05, 0) is 49.6 Å². The Morgan fingerprint density at radius 3 is 2.70 bits per heavy atom. The number of ether oxygens (including phenoxy) is 1. The molecule has 0 bridgehead atoms. The van der Waals surface area contributed by atoms with Crippen molar-refractivity contribution in [2.75, 3.05) is 6.61 Å². The summed E-state index contributed by atoms with van der Waals surface area (Å²) >= 11 is 5.99. The van der Waals surface area contributed by atoms with E-state index in [1.165, 1.54) is 12.1 Å². The van der Waals surface area contributed by atoms with E-state index in [4.69, 9.17) is 21.3 Å². The molecule has 1 aromatic heterocycles. The first-order valence-corrected chi connectivity index (χ1v) is 9.51. The van der Waals surface area contributed by atoms with Crippen molar-refractivity contribution < 1.29 is 13.9 Å². The summed E-state index contributed by atoms with van der Waals surface area (Å²) in [6.07, 6.45) is 1.66. The Kier molecular flexibility index (Phi) is 4.87. The van der Waals surface area contributed by atoms with Crippen molar-refractivity contribution >= 4 is 28.6 Å². The van der Waals surface area contributed by atoms with Crippen LogP contribution >= 0.6 is 11.6 Å². The van der Waals surface area contributed by atoms with E-state index in [-0.39, 0.29) is 23.6 Å². The van der Waals surface area contributed by atoms with Gasteiger partial charge in [-0.1, -0.05) is 23.7 Å². The molecule has 1 fully saturated rings. The van der Waals surface area contributed by atoms with Crippen LogP contribution in [0.2, 0.25) is 5.02 Å². The Labute approximate surface area is 161 Å². The van der Waals surface area contributed by atoms with E-state index < -0.39 is 0 Å². The zero-order valence-corrected chi connectivity index (χ0v) is 15.7. The summed E-state index contributed by atoms with van der Waals surface area (Å²) in [6.45, 7) is 2.76. The number of rotatable bonds is 5. The Morgan fingerprint density at radius 1 is 1.26 bits per heavy atom. The highest BCUT2D eigenvalue weighted by atomic mass is 35.5. The van der Waals surface area contributed by atoms with E-state index in [9.17, 15) is 9.18 Å². The standard InChI is InChI=1S/C21H20ClFN2O2/c1-2-27-21(26)17-9-8-16(17)20-24-18-11-15(23)7-10-19(18)25(20)12-13-3-5-14(22)6-4-13/h3-7,10-11,16-17H,2,8-9,12H2,1H3/t16-,17-/m1/s1. The quantitative estimate of drug-likeness (QED) is 0.584. The highest BCUT2D eigenvalue weighted by molar-refractivity contribution is 6.30. The van der Waals surface area contributed by atoms with Crippen LogP contribution in [-0.4, -0.2) is 22.1 Å². The van der Waals surface area contributed by atoms with Gasteiger partial charge in [-0.15, -0.1) is 0 Å². The number of hydrogen-bond acceptors (Lipinski definition) is 3. The van der Waals surface area contributed by atoms with Crippen LogP contribution in [0.5, 0.6) is 0 Å². The van der Waals surface area contributed by atoms with Gasteiger partial charge in [0, 0.05) is 23.6 Å². The first-order chi connectivity index (χ1) is 13.1. The van der Waals surface area contributed by atoms with Crippen molar-refractivity contribution in [3.63, 3.8) is 0 Å². The molecular weight excluding hydrogens is 367 g/mol. The summed E-state index contributed by atoms with van der Waals surface area (Å²) in [4.78, 5) is 16.9. The number of aromatic nitrogens is 2. The fraction of sp³-hybridized carbons (Fsp3) is 0.333. The second-order valence-electron chi connectivity index (χ2n) is 6.86. The van der Waals surface area contributed by atoms with E-state index in [1.54, 1.807) is 6.07 Å². The monoisotopic (exact) mass is 386 g/mol. The van der Waals surface area contributed by atoms with Crippen molar-refractivity contribution in [1.29, 1.82) is 0 Å². The predicted molar refractivity (Wildman–Crippen MR) is 102 cm³/mol. The molecule has 0 N–H and O–H groups in total. The van der Waals surface area contributed by atoms with E-state index in [1.807, 2.05) is 31.2 Å². The van der Waals surface area contributed by atoms with Gasteiger partial charge in [-0.3, -0.25) is 4.79 Å². The van der Waals surface area contributed by atoms with Crippen LogP contribution in [0.3, 0.4) is 0 Å². The second-order valence-corrected chi connectivity index (χ2v) is 7.29. The average Bonchev–Trinajstić information content (AvgIpc) is 2.93. The minimum atomic E-state index is -0.319. The van der Waals surface area contributed by atoms with Gasteiger partial charge in [0.1, 0.15) is 11.6 Å². The number of imidazole rings is 1. The molecule has 3 aromatic rings. The van der Waals surface area contributed by atoms with Crippen LogP contribution < -0.4 is 0 Å². The van der Waals surface area contributed by atoms with Gasteiger partial charge < -0.3 is 9.30 Å². The van der Waals surface area contributed by atoms with Crippen molar-refractivity contribution in [2.24, 2.45) is 5.92 Å². The fourth-order valence-corrected chi connectivity index (χ4v) is 3.81. The molecule has 27 heavy (non-hydrogen) atoms. The number of carbonyl (C=O) groups excluding carboxylic acids is 1. The third kappa shape index (κ3) is 3.44. The van der Waals surface area contributed by atoms with E-state index >= 15 is 0 Å².